The topological polar surface area (TPSA) is 66.1 Å². The van der Waals surface area contributed by atoms with Gasteiger partial charge in [0.15, 0.2) is 5.78 Å². The fourth-order valence-corrected chi connectivity index (χ4v) is 1.36. The Morgan fingerprint density at radius 1 is 1.54 bits per heavy atom. The molecule has 1 aliphatic rings. The number of aromatic amines is 1. The number of hydrogen-bond donors (Lipinski definition) is 1. The number of amides is 1. The Bertz CT molecular complexity index is 331. The molecular weight excluding hydrogens is 170 g/mol. The molecule has 0 atom stereocenters. The highest BCUT2D eigenvalue weighted by molar-refractivity contribution is 6.05. The van der Waals surface area contributed by atoms with Gasteiger partial charge in [-0.25, -0.2) is 4.98 Å². The van der Waals surface area contributed by atoms with Gasteiger partial charge in [-0.15, -0.1) is 0 Å². The number of imidazole rings is 1. The van der Waals surface area contributed by atoms with E-state index < -0.39 is 0 Å². The van der Waals surface area contributed by atoms with E-state index in [1.165, 1.54) is 4.90 Å². The summed E-state index contributed by atoms with van der Waals surface area (Å²) in [4.78, 5) is 30.3. The summed E-state index contributed by atoms with van der Waals surface area (Å²) in [7, 11) is 0. The highest BCUT2D eigenvalue weighted by atomic mass is 16.2. The number of Topliss-reactive ketones (excluding diaryl/α,β-unsaturated/α-hetero) is 1. The quantitative estimate of drug-likeness (QED) is 0.634. The number of carbonyl (C=O) groups excluding carboxylic acids is 2. The molecule has 5 heteroatoms. The largest absolute Gasteiger partial charge is 0.347 e. The van der Waals surface area contributed by atoms with Gasteiger partial charge in [0.05, 0.1) is 31.5 Å². The molecule has 0 bridgehead atoms. The third-order valence-corrected chi connectivity index (χ3v) is 1.98. The van der Waals surface area contributed by atoms with E-state index >= 15 is 0 Å². The molecule has 68 valence electrons. The lowest BCUT2D eigenvalue weighted by Gasteiger charge is -2.12. The van der Waals surface area contributed by atoms with Gasteiger partial charge in [-0.3, -0.25) is 9.59 Å². The van der Waals surface area contributed by atoms with Crippen LogP contribution >= 0.6 is 0 Å². The second-order valence-electron chi connectivity index (χ2n) is 3.04. The highest BCUT2D eigenvalue weighted by Crippen LogP contribution is 2.09. The van der Waals surface area contributed by atoms with Gasteiger partial charge in [-0.05, 0) is 0 Å². The first-order chi connectivity index (χ1) is 6.25. The van der Waals surface area contributed by atoms with Crippen molar-refractivity contribution < 1.29 is 9.59 Å². The van der Waals surface area contributed by atoms with Crippen LogP contribution in [0.1, 0.15) is 12.1 Å². The third kappa shape index (κ3) is 1.58. The Morgan fingerprint density at radius 3 is 2.92 bits per heavy atom. The molecule has 2 heterocycles. The van der Waals surface area contributed by atoms with Crippen LogP contribution in [-0.2, 0) is 16.1 Å². The van der Waals surface area contributed by atoms with Crippen molar-refractivity contribution in [3.63, 3.8) is 0 Å². The minimum Gasteiger partial charge on any atom is -0.347 e. The van der Waals surface area contributed by atoms with Crippen LogP contribution in [0.4, 0.5) is 0 Å². The molecule has 0 aromatic carbocycles. The van der Waals surface area contributed by atoms with Crippen molar-refractivity contribution in [2.24, 2.45) is 0 Å². The van der Waals surface area contributed by atoms with Crippen molar-refractivity contribution in [1.29, 1.82) is 0 Å². The second kappa shape index (κ2) is 3.01. The summed E-state index contributed by atoms with van der Waals surface area (Å²) >= 11 is 0. The Hall–Kier alpha value is -1.65. The lowest BCUT2D eigenvalue weighted by Crippen LogP contribution is -2.24. The molecule has 0 saturated carbocycles. The standard InChI is InChI=1S/C8H9N3O2/c12-7-1-8(13)11(4-7)3-6-2-9-5-10-6/h2,5H,1,3-4H2,(H,9,10). The van der Waals surface area contributed by atoms with Crippen molar-refractivity contribution >= 4 is 11.7 Å². The monoisotopic (exact) mass is 179 g/mol. The van der Waals surface area contributed by atoms with E-state index in [0.717, 1.165) is 5.69 Å². The van der Waals surface area contributed by atoms with Crippen LogP contribution in [0.25, 0.3) is 0 Å². The van der Waals surface area contributed by atoms with E-state index in [4.69, 9.17) is 0 Å². The Kier molecular flexibility index (Phi) is 1.84. The van der Waals surface area contributed by atoms with Crippen molar-refractivity contribution in [2.45, 2.75) is 13.0 Å². The molecule has 1 N–H and O–H groups in total. The molecular formula is C8H9N3O2. The molecule has 1 aromatic heterocycles. The number of nitrogens with one attached hydrogen (secondary N) is 1. The normalized spacial score (nSPS) is 17.1. The molecule has 1 amide bonds. The number of rotatable bonds is 2. The maximum atomic E-state index is 11.2. The molecule has 2 rings (SSSR count). The summed E-state index contributed by atoms with van der Waals surface area (Å²) < 4.78 is 0. The van der Waals surface area contributed by atoms with Gasteiger partial charge < -0.3 is 9.88 Å². The van der Waals surface area contributed by atoms with E-state index in [1.54, 1.807) is 12.5 Å². The average molecular weight is 179 g/mol. The van der Waals surface area contributed by atoms with Crippen LogP contribution in [0.3, 0.4) is 0 Å². The van der Waals surface area contributed by atoms with Gasteiger partial charge in [-0.1, -0.05) is 0 Å². The van der Waals surface area contributed by atoms with Crippen molar-refractivity contribution in [2.75, 3.05) is 6.54 Å². The minimum absolute atomic E-state index is 0.00971. The maximum absolute atomic E-state index is 11.2. The Balaban J connectivity index is 2.03. The number of nitrogens with zero attached hydrogens (tertiary/aromatic N) is 2. The summed E-state index contributed by atoms with van der Waals surface area (Å²) in [6.45, 7) is 0.683. The van der Waals surface area contributed by atoms with Gasteiger partial charge in [0, 0.05) is 6.20 Å². The van der Waals surface area contributed by atoms with Gasteiger partial charge in [0.2, 0.25) is 5.91 Å². The number of ketones is 1. The molecule has 0 unspecified atom stereocenters. The number of H-pyrrole nitrogens is 1. The van der Waals surface area contributed by atoms with Crippen LogP contribution in [0.15, 0.2) is 12.5 Å². The molecule has 0 aliphatic carbocycles. The number of hydrogen-bond acceptors (Lipinski definition) is 3. The first-order valence-electron chi connectivity index (χ1n) is 4.02. The zero-order chi connectivity index (χ0) is 9.26. The van der Waals surface area contributed by atoms with Crippen molar-refractivity contribution in [1.82, 2.24) is 14.9 Å². The third-order valence-electron chi connectivity index (χ3n) is 1.98. The van der Waals surface area contributed by atoms with Crippen LogP contribution in [-0.4, -0.2) is 33.1 Å². The molecule has 5 nitrogen and oxygen atoms in total. The minimum atomic E-state index is -0.0976. The predicted octanol–water partition coefficient (Wildman–Crippen LogP) is -0.289. The molecule has 1 aromatic rings. The molecule has 1 fully saturated rings. The predicted molar refractivity (Wildman–Crippen MR) is 43.6 cm³/mol. The molecule has 1 aliphatic heterocycles. The van der Waals surface area contributed by atoms with Gasteiger partial charge >= 0.3 is 0 Å². The highest BCUT2D eigenvalue weighted by Gasteiger charge is 2.27. The molecule has 1 saturated heterocycles. The van der Waals surface area contributed by atoms with E-state index in [0.29, 0.717) is 6.54 Å². The van der Waals surface area contributed by atoms with E-state index in [9.17, 15) is 9.59 Å². The van der Waals surface area contributed by atoms with Gasteiger partial charge in [0.25, 0.3) is 0 Å². The Labute approximate surface area is 74.8 Å². The number of aromatic nitrogens is 2. The smallest absolute Gasteiger partial charge is 0.230 e. The first kappa shape index (κ1) is 7.97. The van der Waals surface area contributed by atoms with Crippen LogP contribution in [0, 0.1) is 0 Å². The fraction of sp³-hybridized carbons (Fsp3) is 0.375. The second-order valence-corrected chi connectivity index (χ2v) is 3.04. The number of carbonyl (C=O) groups is 2. The van der Waals surface area contributed by atoms with Gasteiger partial charge in [-0.2, -0.15) is 0 Å². The fourth-order valence-electron chi connectivity index (χ4n) is 1.36. The van der Waals surface area contributed by atoms with Gasteiger partial charge in [0.1, 0.15) is 0 Å². The van der Waals surface area contributed by atoms with Crippen LogP contribution in [0.5, 0.6) is 0 Å². The summed E-state index contributed by atoms with van der Waals surface area (Å²) in [5, 5.41) is 0. The summed E-state index contributed by atoms with van der Waals surface area (Å²) in [6, 6.07) is 0. The molecule has 0 spiro atoms. The summed E-state index contributed by atoms with van der Waals surface area (Å²) in [5.74, 6) is -0.107. The van der Waals surface area contributed by atoms with Crippen LogP contribution in [0.2, 0.25) is 0 Å². The van der Waals surface area contributed by atoms with E-state index in [2.05, 4.69) is 9.97 Å². The molecule has 13 heavy (non-hydrogen) atoms. The number of likely N-dealkylation sites (tertiary alicyclic amines) is 1. The Morgan fingerprint density at radius 2 is 2.38 bits per heavy atom. The zero-order valence-corrected chi connectivity index (χ0v) is 6.99. The summed E-state index contributed by atoms with van der Waals surface area (Å²) in [5.41, 5.74) is 0.850. The van der Waals surface area contributed by atoms with Crippen LogP contribution < -0.4 is 0 Å². The van der Waals surface area contributed by atoms with Crippen molar-refractivity contribution in [3.05, 3.63) is 18.2 Å². The maximum Gasteiger partial charge on any atom is 0.230 e. The SMILES string of the molecule is O=C1CC(=O)N(Cc2cnc[nH]2)C1. The summed E-state index contributed by atoms with van der Waals surface area (Å²) in [6.07, 6.45) is 3.25. The first-order valence-corrected chi connectivity index (χ1v) is 4.02. The average Bonchev–Trinajstić information content (AvgIpc) is 2.63. The lowest BCUT2D eigenvalue weighted by molar-refractivity contribution is -0.128. The van der Waals surface area contributed by atoms with E-state index in [-0.39, 0.29) is 24.7 Å². The lowest BCUT2D eigenvalue weighted by atomic mass is 10.3. The van der Waals surface area contributed by atoms with Crippen molar-refractivity contribution in [3.8, 4) is 0 Å². The zero-order valence-electron chi connectivity index (χ0n) is 6.99. The molecule has 0 radical (unpaired) electrons. The van der Waals surface area contributed by atoms with E-state index in [1.807, 2.05) is 0 Å².